The van der Waals surface area contributed by atoms with Crippen molar-refractivity contribution in [2.24, 2.45) is 0 Å². The van der Waals surface area contributed by atoms with E-state index in [0.29, 0.717) is 21.8 Å². The molecule has 6 heteroatoms. The molecule has 100 valence electrons. The fourth-order valence-electron chi connectivity index (χ4n) is 1.59. The van der Waals surface area contributed by atoms with Crippen LogP contribution in [0.1, 0.15) is 12.6 Å². The number of nitrogens with zero attached hydrogens (tertiary/aromatic N) is 2. The van der Waals surface area contributed by atoms with Gasteiger partial charge in [0.25, 0.3) is 0 Å². The molecule has 1 aromatic carbocycles. The molecular weight excluding hydrogens is 283 g/mol. The normalized spacial score (nSPS) is 10.3. The number of hydrogen-bond acceptors (Lipinski definition) is 4. The Hall–Kier alpha value is -1.52. The maximum Gasteiger partial charge on any atom is 0.224 e. The summed E-state index contributed by atoms with van der Waals surface area (Å²) >= 11 is 11.9. The Balaban J connectivity index is 2.24. The molecule has 2 N–H and O–H groups in total. The number of rotatable bonds is 4. The van der Waals surface area contributed by atoms with Crippen molar-refractivity contribution in [3.05, 3.63) is 40.0 Å². The van der Waals surface area contributed by atoms with E-state index >= 15 is 0 Å². The zero-order valence-corrected chi connectivity index (χ0v) is 12.2. The van der Waals surface area contributed by atoms with Crippen molar-refractivity contribution in [3.63, 3.8) is 0 Å². The lowest BCUT2D eigenvalue weighted by molar-refractivity contribution is 1.05. The summed E-state index contributed by atoms with van der Waals surface area (Å²) in [4.78, 5) is 8.65. The van der Waals surface area contributed by atoms with Crippen LogP contribution in [0.25, 0.3) is 0 Å². The molecule has 0 amide bonds. The maximum absolute atomic E-state index is 5.98. The van der Waals surface area contributed by atoms with Crippen molar-refractivity contribution in [3.8, 4) is 0 Å². The van der Waals surface area contributed by atoms with Gasteiger partial charge >= 0.3 is 0 Å². The van der Waals surface area contributed by atoms with Crippen molar-refractivity contribution in [1.82, 2.24) is 9.97 Å². The van der Waals surface area contributed by atoms with Crippen LogP contribution >= 0.6 is 23.2 Å². The molecule has 0 aliphatic carbocycles. The number of anilines is 3. The van der Waals surface area contributed by atoms with Crippen LogP contribution < -0.4 is 10.6 Å². The zero-order valence-electron chi connectivity index (χ0n) is 10.7. The fourth-order valence-corrected chi connectivity index (χ4v) is 1.89. The van der Waals surface area contributed by atoms with Gasteiger partial charge in [0.05, 0.1) is 10.0 Å². The van der Waals surface area contributed by atoms with E-state index < -0.39 is 0 Å². The van der Waals surface area contributed by atoms with Gasteiger partial charge in [-0.25, -0.2) is 4.98 Å². The Morgan fingerprint density at radius 2 is 1.89 bits per heavy atom. The van der Waals surface area contributed by atoms with E-state index in [9.17, 15) is 0 Å². The monoisotopic (exact) mass is 296 g/mol. The molecule has 19 heavy (non-hydrogen) atoms. The molecule has 0 unspecified atom stereocenters. The highest BCUT2D eigenvalue weighted by Gasteiger charge is 2.04. The van der Waals surface area contributed by atoms with Crippen molar-refractivity contribution in [2.45, 2.75) is 13.8 Å². The Bertz CT molecular complexity index is 587. The molecule has 0 aliphatic heterocycles. The molecule has 0 atom stereocenters. The van der Waals surface area contributed by atoms with Gasteiger partial charge in [0.15, 0.2) is 0 Å². The summed E-state index contributed by atoms with van der Waals surface area (Å²) < 4.78 is 0. The molecule has 0 aliphatic rings. The summed E-state index contributed by atoms with van der Waals surface area (Å²) in [5.41, 5.74) is 1.71. The smallest absolute Gasteiger partial charge is 0.224 e. The predicted molar refractivity (Wildman–Crippen MR) is 80.7 cm³/mol. The third-order valence-corrected chi connectivity index (χ3v) is 3.12. The second-order valence-electron chi connectivity index (χ2n) is 4.00. The minimum Gasteiger partial charge on any atom is -0.354 e. The predicted octanol–water partition coefficient (Wildman–Crippen LogP) is 4.27. The summed E-state index contributed by atoms with van der Waals surface area (Å²) in [5, 5.41) is 7.29. The van der Waals surface area contributed by atoms with Gasteiger partial charge in [-0.15, -0.1) is 0 Å². The first-order valence-electron chi connectivity index (χ1n) is 5.90. The Morgan fingerprint density at radius 1 is 1.11 bits per heavy atom. The lowest BCUT2D eigenvalue weighted by Gasteiger charge is -2.09. The molecule has 0 bridgehead atoms. The molecule has 0 radical (unpaired) electrons. The first-order valence-corrected chi connectivity index (χ1v) is 6.65. The number of aromatic nitrogens is 2. The summed E-state index contributed by atoms with van der Waals surface area (Å²) in [6.45, 7) is 4.69. The highest BCUT2D eigenvalue weighted by Crippen LogP contribution is 2.26. The lowest BCUT2D eigenvalue weighted by atomic mass is 10.3. The molecule has 4 nitrogen and oxygen atoms in total. The molecule has 0 saturated carbocycles. The minimum atomic E-state index is 0.504. The Labute approximate surface area is 122 Å². The van der Waals surface area contributed by atoms with Crippen molar-refractivity contribution in [2.75, 3.05) is 17.2 Å². The van der Waals surface area contributed by atoms with Gasteiger partial charge < -0.3 is 10.6 Å². The number of hydrogen-bond donors (Lipinski definition) is 2. The number of halogens is 2. The summed E-state index contributed by atoms with van der Waals surface area (Å²) in [6.07, 6.45) is 0. The number of nitrogens with one attached hydrogen (secondary N) is 2. The van der Waals surface area contributed by atoms with Crippen LogP contribution in [0.15, 0.2) is 24.3 Å². The highest BCUT2D eigenvalue weighted by atomic mass is 35.5. The topological polar surface area (TPSA) is 49.8 Å². The van der Waals surface area contributed by atoms with Crippen molar-refractivity contribution < 1.29 is 0 Å². The fraction of sp³-hybridized carbons (Fsp3) is 0.231. The van der Waals surface area contributed by atoms with E-state index in [1.807, 2.05) is 26.0 Å². The molecule has 2 rings (SSSR count). The van der Waals surface area contributed by atoms with Crippen LogP contribution in [0.3, 0.4) is 0 Å². The van der Waals surface area contributed by atoms with Crippen LogP contribution in [-0.2, 0) is 0 Å². The van der Waals surface area contributed by atoms with Crippen LogP contribution in [-0.4, -0.2) is 16.5 Å². The molecule has 0 fully saturated rings. The van der Waals surface area contributed by atoms with Crippen LogP contribution in [0.2, 0.25) is 10.0 Å². The first-order chi connectivity index (χ1) is 9.08. The Morgan fingerprint density at radius 3 is 2.58 bits per heavy atom. The van der Waals surface area contributed by atoms with Crippen LogP contribution in [0, 0.1) is 6.92 Å². The maximum atomic E-state index is 5.98. The van der Waals surface area contributed by atoms with Gasteiger partial charge in [0.2, 0.25) is 5.95 Å². The highest BCUT2D eigenvalue weighted by molar-refractivity contribution is 6.42. The van der Waals surface area contributed by atoms with E-state index in [2.05, 4.69) is 20.6 Å². The third kappa shape index (κ3) is 3.72. The SMILES string of the molecule is CCNc1nc(C)cc(Nc2ccc(Cl)c(Cl)c2)n1. The van der Waals surface area contributed by atoms with E-state index in [-0.39, 0.29) is 0 Å². The van der Waals surface area contributed by atoms with Gasteiger partial charge in [-0.2, -0.15) is 4.98 Å². The molecule has 1 heterocycles. The zero-order chi connectivity index (χ0) is 13.8. The molecule has 0 saturated heterocycles. The first kappa shape index (κ1) is 13.9. The van der Waals surface area contributed by atoms with Gasteiger partial charge in [-0.3, -0.25) is 0 Å². The van der Waals surface area contributed by atoms with Crippen molar-refractivity contribution in [1.29, 1.82) is 0 Å². The summed E-state index contributed by atoms with van der Waals surface area (Å²) in [6, 6.07) is 7.21. The Kier molecular flexibility index (Phi) is 4.45. The van der Waals surface area contributed by atoms with Crippen molar-refractivity contribution >= 4 is 40.7 Å². The lowest BCUT2D eigenvalue weighted by Crippen LogP contribution is -2.05. The molecular formula is C13H14Cl2N4. The quantitative estimate of drug-likeness (QED) is 0.885. The molecule has 0 spiro atoms. The molecule has 2 aromatic rings. The van der Waals surface area contributed by atoms with Gasteiger partial charge in [-0.1, -0.05) is 23.2 Å². The average molecular weight is 297 g/mol. The number of benzene rings is 1. The van der Waals surface area contributed by atoms with E-state index in [1.54, 1.807) is 12.1 Å². The number of aryl methyl sites for hydroxylation is 1. The van der Waals surface area contributed by atoms with E-state index in [4.69, 9.17) is 23.2 Å². The summed E-state index contributed by atoms with van der Waals surface area (Å²) in [7, 11) is 0. The second kappa shape index (κ2) is 6.08. The largest absolute Gasteiger partial charge is 0.354 e. The molecule has 1 aromatic heterocycles. The van der Waals surface area contributed by atoms with Gasteiger partial charge in [0.1, 0.15) is 5.82 Å². The average Bonchev–Trinajstić information content (AvgIpc) is 2.33. The van der Waals surface area contributed by atoms with Gasteiger partial charge in [0, 0.05) is 24.0 Å². The third-order valence-electron chi connectivity index (χ3n) is 2.38. The van der Waals surface area contributed by atoms with Gasteiger partial charge in [-0.05, 0) is 32.0 Å². The van der Waals surface area contributed by atoms with Crippen LogP contribution in [0.5, 0.6) is 0 Å². The minimum absolute atomic E-state index is 0.504. The van der Waals surface area contributed by atoms with E-state index in [0.717, 1.165) is 17.9 Å². The standard InChI is InChI=1S/C13H14Cl2N4/c1-3-16-13-17-8(2)6-12(19-13)18-9-4-5-10(14)11(15)7-9/h4-7H,3H2,1-2H3,(H2,16,17,18,19). The second-order valence-corrected chi connectivity index (χ2v) is 4.82. The van der Waals surface area contributed by atoms with Crippen LogP contribution in [0.4, 0.5) is 17.5 Å². The summed E-state index contributed by atoms with van der Waals surface area (Å²) in [5.74, 6) is 1.31. The van der Waals surface area contributed by atoms with E-state index in [1.165, 1.54) is 0 Å².